The van der Waals surface area contributed by atoms with Crippen molar-refractivity contribution >= 4 is 23.2 Å². The number of hydrogen-bond donors (Lipinski definition) is 1. The number of nitrogens with zero attached hydrogens (tertiary/aromatic N) is 1. The number of benzene rings is 1. The predicted octanol–water partition coefficient (Wildman–Crippen LogP) is 4.20. The minimum Gasteiger partial charge on any atom is -0.317 e. The fourth-order valence-electron chi connectivity index (χ4n) is 2.74. The highest BCUT2D eigenvalue weighted by Gasteiger charge is 2.19. The Bertz CT molecular complexity index is 428. The highest BCUT2D eigenvalue weighted by Crippen LogP contribution is 2.24. The van der Waals surface area contributed by atoms with Crippen LogP contribution >= 0.6 is 23.2 Å². The Kier molecular flexibility index (Phi) is 6.16. The van der Waals surface area contributed by atoms with Crippen LogP contribution in [0.25, 0.3) is 0 Å². The average Bonchev–Trinajstić information content (AvgIpc) is 2.43. The highest BCUT2D eigenvalue weighted by atomic mass is 35.5. The van der Waals surface area contributed by atoms with Gasteiger partial charge in [-0.1, -0.05) is 23.2 Å². The van der Waals surface area contributed by atoms with Crippen molar-refractivity contribution in [2.45, 2.75) is 39.3 Å². The van der Waals surface area contributed by atoms with E-state index in [1.54, 1.807) is 0 Å². The Balaban J connectivity index is 2.02. The third-order valence-corrected chi connectivity index (χ3v) is 4.67. The number of piperidine rings is 1. The summed E-state index contributed by atoms with van der Waals surface area (Å²) in [6.45, 7) is 8.81. The molecule has 1 saturated heterocycles. The van der Waals surface area contributed by atoms with Gasteiger partial charge in [-0.15, -0.1) is 0 Å². The second-order valence-electron chi connectivity index (χ2n) is 5.95. The van der Waals surface area contributed by atoms with Crippen molar-refractivity contribution in [1.29, 1.82) is 0 Å². The van der Waals surface area contributed by atoms with Crippen LogP contribution in [0.15, 0.2) is 18.2 Å². The molecule has 1 aliphatic rings. The van der Waals surface area contributed by atoms with Crippen molar-refractivity contribution in [2.24, 2.45) is 5.92 Å². The van der Waals surface area contributed by atoms with Gasteiger partial charge in [-0.05, 0) is 69.5 Å². The van der Waals surface area contributed by atoms with Gasteiger partial charge >= 0.3 is 0 Å². The topological polar surface area (TPSA) is 15.3 Å². The lowest BCUT2D eigenvalue weighted by Gasteiger charge is -2.33. The molecule has 0 saturated carbocycles. The standard InChI is InChI=1S/C16H24Cl2N2/c1-12(2)20(10-13-5-7-19-8-6-13)11-14-9-15(17)3-4-16(14)18/h3-4,9,12-13,19H,5-8,10-11H2,1-2H3. The van der Waals surface area contributed by atoms with Gasteiger partial charge in [-0.2, -0.15) is 0 Å². The smallest absolute Gasteiger partial charge is 0.0452 e. The number of rotatable bonds is 5. The van der Waals surface area contributed by atoms with E-state index < -0.39 is 0 Å². The van der Waals surface area contributed by atoms with Crippen LogP contribution in [0.1, 0.15) is 32.3 Å². The van der Waals surface area contributed by atoms with Gasteiger partial charge in [0, 0.05) is 29.2 Å². The first-order valence-corrected chi connectivity index (χ1v) is 8.20. The Morgan fingerprint density at radius 3 is 2.60 bits per heavy atom. The molecule has 1 fully saturated rings. The Morgan fingerprint density at radius 2 is 1.95 bits per heavy atom. The van der Waals surface area contributed by atoms with Crippen LogP contribution in [-0.4, -0.2) is 30.6 Å². The van der Waals surface area contributed by atoms with Gasteiger partial charge in [-0.3, -0.25) is 4.90 Å². The summed E-state index contributed by atoms with van der Waals surface area (Å²) in [5, 5.41) is 5.00. The summed E-state index contributed by atoms with van der Waals surface area (Å²) in [6, 6.07) is 6.24. The van der Waals surface area contributed by atoms with Gasteiger partial charge in [-0.25, -0.2) is 0 Å². The first-order chi connectivity index (χ1) is 9.56. The Labute approximate surface area is 132 Å². The zero-order chi connectivity index (χ0) is 14.5. The van der Waals surface area contributed by atoms with E-state index in [2.05, 4.69) is 24.1 Å². The molecule has 1 aromatic carbocycles. The highest BCUT2D eigenvalue weighted by molar-refractivity contribution is 6.33. The van der Waals surface area contributed by atoms with E-state index in [1.807, 2.05) is 18.2 Å². The van der Waals surface area contributed by atoms with Crippen molar-refractivity contribution in [3.8, 4) is 0 Å². The van der Waals surface area contributed by atoms with E-state index in [-0.39, 0.29) is 0 Å². The first-order valence-electron chi connectivity index (χ1n) is 7.45. The molecule has 0 bridgehead atoms. The summed E-state index contributed by atoms with van der Waals surface area (Å²) in [7, 11) is 0. The largest absolute Gasteiger partial charge is 0.317 e. The molecule has 4 heteroatoms. The van der Waals surface area contributed by atoms with Gasteiger partial charge in [0.05, 0.1) is 0 Å². The summed E-state index contributed by atoms with van der Waals surface area (Å²) >= 11 is 12.4. The maximum Gasteiger partial charge on any atom is 0.0452 e. The molecular formula is C16H24Cl2N2. The second-order valence-corrected chi connectivity index (χ2v) is 6.80. The van der Waals surface area contributed by atoms with Gasteiger partial charge in [0.25, 0.3) is 0 Å². The molecule has 2 rings (SSSR count). The summed E-state index contributed by atoms with van der Waals surface area (Å²) in [5.74, 6) is 0.789. The van der Waals surface area contributed by atoms with Gasteiger partial charge in [0.2, 0.25) is 0 Å². The normalized spacial score (nSPS) is 17.1. The second kappa shape index (κ2) is 7.65. The molecule has 0 aliphatic carbocycles. The molecule has 1 heterocycles. The lowest BCUT2D eigenvalue weighted by Crippen LogP contribution is -2.39. The van der Waals surface area contributed by atoms with E-state index in [9.17, 15) is 0 Å². The Morgan fingerprint density at radius 1 is 1.25 bits per heavy atom. The summed E-state index contributed by atoms with van der Waals surface area (Å²) < 4.78 is 0. The van der Waals surface area contributed by atoms with E-state index in [0.29, 0.717) is 6.04 Å². The molecule has 112 valence electrons. The Hall–Kier alpha value is -0.280. The van der Waals surface area contributed by atoms with Crippen molar-refractivity contribution in [2.75, 3.05) is 19.6 Å². The third kappa shape index (κ3) is 4.63. The van der Waals surface area contributed by atoms with E-state index >= 15 is 0 Å². The molecule has 0 unspecified atom stereocenters. The fraction of sp³-hybridized carbons (Fsp3) is 0.625. The molecule has 0 amide bonds. The first kappa shape index (κ1) is 16.1. The van der Waals surface area contributed by atoms with Gasteiger partial charge < -0.3 is 5.32 Å². The number of nitrogens with one attached hydrogen (secondary N) is 1. The van der Waals surface area contributed by atoms with Crippen molar-refractivity contribution in [3.63, 3.8) is 0 Å². The summed E-state index contributed by atoms with van der Waals surface area (Å²) in [4.78, 5) is 2.51. The van der Waals surface area contributed by atoms with Gasteiger partial charge in [0.1, 0.15) is 0 Å². The van der Waals surface area contributed by atoms with Crippen LogP contribution in [0.2, 0.25) is 10.0 Å². The van der Waals surface area contributed by atoms with E-state index in [4.69, 9.17) is 23.2 Å². The predicted molar refractivity (Wildman–Crippen MR) is 87.6 cm³/mol. The maximum atomic E-state index is 6.29. The van der Waals surface area contributed by atoms with Crippen LogP contribution in [0.4, 0.5) is 0 Å². The SMILES string of the molecule is CC(C)N(Cc1cc(Cl)ccc1Cl)CC1CCNCC1. The summed E-state index contributed by atoms with van der Waals surface area (Å²) in [6.07, 6.45) is 2.54. The third-order valence-electron chi connectivity index (χ3n) is 4.06. The molecule has 0 spiro atoms. The minimum atomic E-state index is 0.514. The molecule has 0 radical (unpaired) electrons. The van der Waals surface area contributed by atoms with Crippen LogP contribution in [0, 0.1) is 5.92 Å². The molecular weight excluding hydrogens is 291 g/mol. The van der Waals surface area contributed by atoms with E-state index in [0.717, 1.165) is 47.7 Å². The van der Waals surface area contributed by atoms with Crippen molar-refractivity contribution < 1.29 is 0 Å². The fourth-order valence-corrected chi connectivity index (χ4v) is 3.11. The lowest BCUT2D eigenvalue weighted by molar-refractivity contribution is 0.162. The molecule has 0 atom stereocenters. The molecule has 0 aromatic heterocycles. The molecule has 1 N–H and O–H groups in total. The number of hydrogen-bond acceptors (Lipinski definition) is 2. The monoisotopic (exact) mass is 314 g/mol. The lowest BCUT2D eigenvalue weighted by atomic mass is 9.96. The molecule has 1 aromatic rings. The zero-order valence-corrected chi connectivity index (χ0v) is 13.8. The number of halogens is 2. The molecule has 2 nitrogen and oxygen atoms in total. The van der Waals surface area contributed by atoms with E-state index in [1.165, 1.54) is 12.8 Å². The van der Waals surface area contributed by atoms with Crippen LogP contribution in [0.3, 0.4) is 0 Å². The maximum absolute atomic E-state index is 6.29. The molecule has 20 heavy (non-hydrogen) atoms. The quantitative estimate of drug-likeness (QED) is 0.876. The zero-order valence-electron chi connectivity index (χ0n) is 12.3. The van der Waals surface area contributed by atoms with Crippen LogP contribution in [0.5, 0.6) is 0 Å². The van der Waals surface area contributed by atoms with Crippen molar-refractivity contribution in [3.05, 3.63) is 33.8 Å². The van der Waals surface area contributed by atoms with Crippen LogP contribution < -0.4 is 5.32 Å². The van der Waals surface area contributed by atoms with Crippen LogP contribution in [-0.2, 0) is 6.54 Å². The van der Waals surface area contributed by atoms with Crippen molar-refractivity contribution in [1.82, 2.24) is 10.2 Å². The summed E-state index contributed by atoms with van der Waals surface area (Å²) in [5.41, 5.74) is 1.13. The minimum absolute atomic E-state index is 0.514. The average molecular weight is 315 g/mol. The molecule has 1 aliphatic heterocycles. The van der Waals surface area contributed by atoms with Gasteiger partial charge in [0.15, 0.2) is 0 Å².